The van der Waals surface area contributed by atoms with Gasteiger partial charge in [-0.2, -0.15) is 0 Å². The summed E-state index contributed by atoms with van der Waals surface area (Å²) in [6.07, 6.45) is 1.70. The Balaban J connectivity index is 1.63. The second-order valence-electron chi connectivity index (χ2n) is 11.5. The van der Waals surface area contributed by atoms with Crippen LogP contribution in [0.2, 0.25) is 0 Å². The fraction of sp³-hybridized carbons (Fsp3) is 0.375. The Morgan fingerprint density at radius 1 is 1.00 bits per heavy atom. The Morgan fingerprint density at radius 2 is 1.73 bits per heavy atom. The molecule has 1 unspecified atom stereocenters. The van der Waals surface area contributed by atoms with E-state index in [0.717, 1.165) is 24.0 Å². The Morgan fingerprint density at radius 3 is 2.37 bits per heavy atom. The number of nitrogens with one attached hydrogen (secondary N) is 2. The van der Waals surface area contributed by atoms with Crippen LogP contribution in [0.3, 0.4) is 0 Å². The molecular weight excluding hydrogens is 528 g/mol. The first-order valence-corrected chi connectivity index (χ1v) is 13.7. The van der Waals surface area contributed by atoms with Gasteiger partial charge in [0.1, 0.15) is 28.7 Å². The van der Waals surface area contributed by atoms with Crippen molar-refractivity contribution in [2.24, 2.45) is 5.73 Å². The summed E-state index contributed by atoms with van der Waals surface area (Å²) >= 11 is 0. The summed E-state index contributed by atoms with van der Waals surface area (Å²) in [4.78, 5) is 26.0. The van der Waals surface area contributed by atoms with Crippen molar-refractivity contribution in [2.45, 2.75) is 71.4 Å². The predicted octanol–water partition coefficient (Wildman–Crippen LogP) is 7.42. The third-order valence-electron chi connectivity index (χ3n) is 6.76. The van der Waals surface area contributed by atoms with Crippen molar-refractivity contribution in [3.63, 3.8) is 0 Å². The Labute approximate surface area is 239 Å². The number of hydrogen-bond acceptors (Lipinski definition) is 5. The highest BCUT2D eigenvalue weighted by atomic mass is 19.1. The van der Waals surface area contributed by atoms with Crippen LogP contribution in [0.5, 0.6) is 11.5 Å². The lowest BCUT2D eigenvalue weighted by Gasteiger charge is -2.24. The first-order valence-electron chi connectivity index (χ1n) is 13.7. The maximum absolute atomic E-state index is 15.0. The number of benzene rings is 3. The maximum Gasteiger partial charge on any atom is 0.408 e. The van der Waals surface area contributed by atoms with Crippen LogP contribution in [-0.4, -0.2) is 24.1 Å². The summed E-state index contributed by atoms with van der Waals surface area (Å²) in [6.45, 7) is 9.07. The SMILES string of the molecule is Cc1cc(F)ccc1Oc1cc(C2CC2)c(C)cc1C(=O)Nc1ccc(F)c(C(CCN)NC(=O)OC(C)(C)C)c1. The molecule has 0 bridgehead atoms. The van der Waals surface area contributed by atoms with Crippen LogP contribution in [0.1, 0.15) is 84.6 Å². The lowest BCUT2D eigenvalue weighted by Crippen LogP contribution is -2.36. The third-order valence-corrected chi connectivity index (χ3v) is 6.76. The highest BCUT2D eigenvalue weighted by Gasteiger charge is 2.28. The number of anilines is 1. The number of halogens is 2. The van der Waals surface area contributed by atoms with Gasteiger partial charge in [0.25, 0.3) is 5.91 Å². The van der Waals surface area contributed by atoms with Gasteiger partial charge in [0.15, 0.2) is 0 Å². The highest BCUT2D eigenvalue weighted by Crippen LogP contribution is 2.44. The molecular formula is C32H37F2N3O4. The quantitative estimate of drug-likeness (QED) is 0.251. The number of ether oxygens (including phenoxy) is 2. The van der Waals surface area contributed by atoms with Gasteiger partial charge in [-0.25, -0.2) is 13.6 Å². The lowest BCUT2D eigenvalue weighted by molar-refractivity contribution is 0.0500. The molecule has 0 spiro atoms. The molecule has 9 heteroatoms. The zero-order valence-electron chi connectivity index (χ0n) is 24.1. The molecule has 7 nitrogen and oxygen atoms in total. The van der Waals surface area contributed by atoms with Crippen LogP contribution >= 0.6 is 0 Å². The van der Waals surface area contributed by atoms with Gasteiger partial charge < -0.3 is 25.8 Å². The van der Waals surface area contributed by atoms with Crippen LogP contribution in [-0.2, 0) is 4.74 Å². The van der Waals surface area contributed by atoms with Crippen LogP contribution in [0.15, 0.2) is 48.5 Å². The zero-order chi connectivity index (χ0) is 29.9. The molecule has 1 fully saturated rings. The van der Waals surface area contributed by atoms with E-state index in [-0.39, 0.29) is 29.9 Å². The summed E-state index contributed by atoms with van der Waals surface area (Å²) in [7, 11) is 0. The van der Waals surface area contributed by atoms with Gasteiger partial charge in [-0.15, -0.1) is 0 Å². The number of amides is 2. The van der Waals surface area contributed by atoms with E-state index in [9.17, 15) is 18.4 Å². The number of hydrogen-bond donors (Lipinski definition) is 3. The predicted molar refractivity (Wildman–Crippen MR) is 155 cm³/mol. The first-order chi connectivity index (χ1) is 19.3. The van der Waals surface area contributed by atoms with E-state index in [1.165, 1.54) is 36.4 Å². The molecule has 41 heavy (non-hydrogen) atoms. The van der Waals surface area contributed by atoms with E-state index in [0.29, 0.717) is 28.7 Å². The second-order valence-corrected chi connectivity index (χ2v) is 11.5. The number of alkyl carbamates (subject to hydrolysis) is 1. The molecule has 0 saturated heterocycles. The first kappa shape index (κ1) is 30.0. The van der Waals surface area contributed by atoms with Crippen LogP contribution in [0.4, 0.5) is 19.3 Å². The minimum absolute atomic E-state index is 0.165. The maximum atomic E-state index is 15.0. The van der Waals surface area contributed by atoms with Crippen LogP contribution in [0, 0.1) is 25.5 Å². The number of aryl methyl sites for hydroxylation is 2. The molecule has 1 saturated carbocycles. The van der Waals surface area contributed by atoms with E-state index in [4.69, 9.17) is 15.2 Å². The molecule has 0 heterocycles. The number of nitrogens with two attached hydrogens (primary N) is 1. The van der Waals surface area contributed by atoms with Crippen molar-refractivity contribution >= 4 is 17.7 Å². The average molecular weight is 566 g/mol. The van der Waals surface area contributed by atoms with E-state index in [2.05, 4.69) is 10.6 Å². The summed E-state index contributed by atoms with van der Waals surface area (Å²) in [6, 6.07) is 11.2. The van der Waals surface area contributed by atoms with Crippen molar-refractivity contribution in [2.75, 3.05) is 11.9 Å². The molecule has 0 aromatic heterocycles. The van der Waals surface area contributed by atoms with Crippen molar-refractivity contribution in [1.29, 1.82) is 0 Å². The molecule has 1 atom stereocenters. The largest absolute Gasteiger partial charge is 0.456 e. The van der Waals surface area contributed by atoms with Gasteiger partial charge in [0.2, 0.25) is 0 Å². The van der Waals surface area contributed by atoms with Crippen molar-refractivity contribution in [3.8, 4) is 11.5 Å². The van der Waals surface area contributed by atoms with Gasteiger partial charge in [0, 0.05) is 11.3 Å². The standard InChI is InChI=1S/C32H37F2N3O4/c1-18-15-25(29(17-23(18)20-6-7-20)40-28-11-8-21(33)14-19(28)2)30(38)36-22-9-10-26(34)24(16-22)27(12-13-35)37-31(39)41-32(3,4)5/h8-11,14-17,20,27H,6-7,12-13,35H2,1-5H3,(H,36,38)(H,37,39). The van der Waals surface area contributed by atoms with Crippen molar-refractivity contribution in [1.82, 2.24) is 5.32 Å². The van der Waals surface area contributed by atoms with Crippen molar-refractivity contribution < 1.29 is 27.8 Å². The smallest absolute Gasteiger partial charge is 0.408 e. The van der Waals surface area contributed by atoms with E-state index in [1.54, 1.807) is 33.8 Å². The van der Waals surface area contributed by atoms with Gasteiger partial charge in [-0.05, 0) is 132 Å². The van der Waals surface area contributed by atoms with Gasteiger partial charge in [-0.1, -0.05) is 0 Å². The van der Waals surface area contributed by atoms with Gasteiger partial charge in [-0.3, -0.25) is 4.79 Å². The summed E-state index contributed by atoms with van der Waals surface area (Å²) in [5, 5.41) is 5.51. The van der Waals surface area contributed by atoms with E-state index in [1.807, 2.05) is 13.0 Å². The molecule has 4 N–H and O–H groups in total. The highest BCUT2D eigenvalue weighted by molar-refractivity contribution is 6.06. The van der Waals surface area contributed by atoms with Crippen LogP contribution < -0.4 is 21.1 Å². The Hall–Kier alpha value is -3.98. The zero-order valence-corrected chi connectivity index (χ0v) is 24.1. The third kappa shape index (κ3) is 7.82. The minimum atomic E-state index is -0.771. The molecule has 1 aliphatic carbocycles. The molecule has 218 valence electrons. The molecule has 1 aliphatic rings. The normalized spacial score (nSPS) is 13.9. The monoisotopic (exact) mass is 565 g/mol. The summed E-state index contributed by atoms with van der Waals surface area (Å²) in [5.41, 5.74) is 8.46. The Bertz CT molecular complexity index is 1450. The fourth-order valence-electron chi connectivity index (χ4n) is 4.65. The molecule has 2 amide bonds. The second kappa shape index (κ2) is 12.3. The number of carbonyl (C=O) groups excluding carboxylic acids is 2. The molecule has 4 rings (SSSR count). The number of rotatable bonds is 9. The van der Waals surface area contributed by atoms with E-state index < -0.39 is 29.5 Å². The molecule has 3 aromatic rings. The molecule has 3 aromatic carbocycles. The average Bonchev–Trinajstić information content (AvgIpc) is 3.71. The summed E-state index contributed by atoms with van der Waals surface area (Å²) in [5.74, 6) is -0.194. The lowest BCUT2D eigenvalue weighted by atomic mass is 9.99. The fourth-order valence-corrected chi connectivity index (χ4v) is 4.65. The molecule has 0 radical (unpaired) electrons. The van der Waals surface area contributed by atoms with Crippen molar-refractivity contribution in [3.05, 3.63) is 88.0 Å². The van der Waals surface area contributed by atoms with Gasteiger partial charge in [0.05, 0.1) is 11.6 Å². The minimum Gasteiger partial charge on any atom is -0.456 e. The molecule has 0 aliphatic heterocycles. The van der Waals surface area contributed by atoms with Crippen LogP contribution in [0.25, 0.3) is 0 Å². The summed E-state index contributed by atoms with van der Waals surface area (Å²) < 4.78 is 40.1. The topological polar surface area (TPSA) is 103 Å². The van der Waals surface area contributed by atoms with E-state index >= 15 is 0 Å². The Kier molecular flexibility index (Phi) is 8.97. The number of carbonyl (C=O) groups is 2. The van der Waals surface area contributed by atoms with Gasteiger partial charge >= 0.3 is 6.09 Å².